The van der Waals surface area contributed by atoms with Crippen molar-refractivity contribution in [2.45, 2.75) is 38.6 Å². The Balaban J connectivity index is 2.21. The predicted molar refractivity (Wildman–Crippen MR) is 76.0 cm³/mol. The fourth-order valence-electron chi connectivity index (χ4n) is 2.75. The number of carbonyl (C=O) groups is 1. The fraction of sp³-hybridized carbons (Fsp3) is 0.533. The third-order valence-electron chi connectivity index (χ3n) is 3.79. The molecule has 3 N–H and O–H groups in total. The molecule has 1 aliphatic rings. The van der Waals surface area contributed by atoms with E-state index >= 15 is 0 Å². The molecule has 1 atom stereocenters. The minimum atomic E-state index is -0.00403. The number of carbonyl (C=O) groups excluding carboxylic acids is 1. The maximum Gasteiger partial charge on any atom is 0.256 e. The predicted octanol–water partition coefficient (Wildman–Crippen LogP) is 1.95. The molecule has 0 saturated carbocycles. The van der Waals surface area contributed by atoms with Crippen molar-refractivity contribution in [3.05, 3.63) is 29.3 Å². The zero-order valence-corrected chi connectivity index (χ0v) is 11.4. The van der Waals surface area contributed by atoms with E-state index in [2.05, 4.69) is 0 Å². The molecule has 1 fully saturated rings. The van der Waals surface area contributed by atoms with E-state index in [4.69, 9.17) is 10.8 Å². The zero-order valence-electron chi connectivity index (χ0n) is 11.4. The van der Waals surface area contributed by atoms with Gasteiger partial charge in [-0.2, -0.15) is 0 Å². The number of nitrogen functional groups attached to an aromatic ring is 1. The lowest BCUT2D eigenvalue weighted by Gasteiger charge is -2.35. The Kier molecular flexibility index (Phi) is 4.43. The average Bonchev–Trinajstić information content (AvgIpc) is 2.39. The highest BCUT2D eigenvalue weighted by Crippen LogP contribution is 2.24. The van der Waals surface area contributed by atoms with Crippen molar-refractivity contribution < 1.29 is 9.90 Å². The molecule has 2 rings (SSSR count). The van der Waals surface area contributed by atoms with Crippen LogP contribution in [0.1, 0.15) is 41.6 Å². The summed E-state index contributed by atoms with van der Waals surface area (Å²) in [6.07, 6.45) is 3.77. The maximum atomic E-state index is 12.6. The minimum absolute atomic E-state index is 0.00403. The fourth-order valence-corrected chi connectivity index (χ4v) is 2.75. The second-order valence-corrected chi connectivity index (χ2v) is 5.25. The van der Waals surface area contributed by atoms with Gasteiger partial charge in [0.05, 0.1) is 5.56 Å². The summed E-state index contributed by atoms with van der Waals surface area (Å²) in [6, 6.07) is 5.69. The van der Waals surface area contributed by atoms with Crippen molar-refractivity contribution in [2.75, 3.05) is 18.9 Å². The number of hydrogen-bond acceptors (Lipinski definition) is 3. The van der Waals surface area contributed by atoms with Crippen LogP contribution in [-0.2, 0) is 0 Å². The molecule has 1 heterocycles. The molecule has 0 aliphatic carbocycles. The number of likely N-dealkylation sites (tertiary alicyclic amines) is 1. The molecule has 104 valence electrons. The molecule has 0 aromatic heterocycles. The number of aryl methyl sites for hydroxylation is 1. The molecule has 0 spiro atoms. The largest absolute Gasteiger partial charge is 0.398 e. The van der Waals surface area contributed by atoms with Gasteiger partial charge in [0.1, 0.15) is 0 Å². The van der Waals surface area contributed by atoms with E-state index in [1.54, 1.807) is 6.07 Å². The van der Waals surface area contributed by atoms with Crippen LogP contribution < -0.4 is 5.73 Å². The second-order valence-electron chi connectivity index (χ2n) is 5.25. The van der Waals surface area contributed by atoms with Crippen molar-refractivity contribution in [2.24, 2.45) is 0 Å². The van der Waals surface area contributed by atoms with Crippen LogP contribution in [0, 0.1) is 6.92 Å². The van der Waals surface area contributed by atoms with E-state index in [0.29, 0.717) is 17.7 Å². The van der Waals surface area contributed by atoms with E-state index in [0.717, 1.165) is 31.4 Å². The maximum absolute atomic E-state index is 12.6. The van der Waals surface area contributed by atoms with Gasteiger partial charge in [-0.25, -0.2) is 0 Å². The van der Waals surface area contributed by atoms with E-state index in [1.807, 2.05) is 24.0 Å². The standard InChI is InChI=1S/C15H22N2O2/c1-11-5-6-13(14(16)10-11)15(19)17-8-3-2-4-12(17)7-9-18/h5-6,10,12,18H,2-4,7-9,16H2,1H3. The van der Waals surface area contributed by atoms with Gasteiger partial charge in [0.15, 0.2) is 0 Å². The van der Waals surface area contributed by atoms with Crippen LogP contribution in [-0.4, -0.2) is 35.1 Å². The Morgan fingerprint density at radius 1 is 1.47 bits per heavy atom. The first-order chi connectivity index (χ1) is 9.13. The molecule has 4 heteroatoms. The van der Waals surface area contributed by atoms with Crippen molar-refractivity contribution in [3.8, 4) is 0 Å². The normalized spacial score (nSPS) is 19.5. The van der Waals surface area contributed by atoms with Crippen LogP contribution in [0.4, 0.5) is 5.69 Å². The number of hydrogen-bond donors (Lipinski definition) is 2. The van der Waals surface area contributed by atoms with Crippen LogP contribution in [0.15, 0.2) is 18.2 Å². The van der Waals surface area contributed by atoms with Crippen molar-refractivity contribution in [1.29, 1.82) is 0 Å². The van der Waals surface area contributed by atoms with Gasteiger partial charge in [0.25, 0.3) is 5.91 Å². The first kappa shape index (κ1) is 13.9. The average molecular weight is 262 g/mol. The van der Waals surface area contributed by atoms with Crippen molar-refractivity contribution in [3.63, 3.8) is 0 Å². The Morgan fingerprint density at radius 3 is 2.95 bits per heavy atom. The molecule has 1 amide bonds. The second kappa shape index (κ2) is 6.06. The lowest BCUT2D eigenvalue weighted by molar-refractivity contribution is 0.0575. The lowest BCUT2D eigenvalue weighted by Crippen LogP contribution is -2.44. The summed E-state index contributed by atoms with van der Waals surface area (Å²) in [4.78, 5) is 14.5. The molecule has 0 radical (unpaired) electrons. The topological polar surface area (TPSA) is 66.6 Å². The van der Waals surface area contributed by atoms with E-state index in [9.17, 15) is 4.79 Å². The molecule has 0 bridgehead atoms. The molecule has 1 aliphatic heterocycles. The van der Waals surface area contributed by atoms with E-state index in [1.165, 1.54) is 0 Å². The minimum Gasteiger partial charge on any atom is -0.398 e. The summed E-state index contributed by atoms with van der Waals surface area (Å²) in [5, 5.41) is 9.12. The highest BCUT2D eigenvalue weighted by molar-refractivity contribution is 5.99. The van der Waals surface area contributed by atoms with Crippen molar-refractivity contribution in [1.82, 2.24) is 4.90 Å². The third kappa shape index (κ3) is 3.07. The number of nitrogens with zero attached hydrogens (tertiary/aromatic N) is 1. The SMILES string of the molecule is Cc1ccc(C(=O)N2CCCCC2CCO)c(N)c1. The lowest BCUT2D eigenvalue weighted by atomic mass is 9.98. The highest BCUT2D eigenvalue weighted by atomic mass is 16.3. The number of nitrogens with two attached hydrogens (primary N) is 1. The van der Waals surface area contributed by atoms with Crippen LogP contribution >= 0.6 is 0 Å². The quantitative estimate of drug-likeness (QED) is 0.818. The summed E-state index contributed by atoms with van der Waals surface area (Å²) in [7, 11) is 0. The molecule has 1 unspecified atom stereocenters. The van der Waals surface area contributed by atoms with Crippen LogP contribution in [0.2, 0.25) is 0 Å². The van der Waals surface area contributed by atoms with E-state index < -0.39 is 0 Å². The number of aliphatic hydroxyl groups excluding tert-OH is 1. The number of aliphatic hydroxyl groups is 1. The number of anilines is 1. The van der Waals surface area contributed by atoms with E-state index in [-0.39, 0.29) is 18.6 Å². The van der Waals surface area contributed by atoms with Crippen LogP contribution in [0.3, 0.4) is 0 Å². The molecule has 4 nitrogen and oxygen atoms in total. The van der Waals surface area contributed by atoms with Gasteiger partial charge in [0, 0.05) is 24.9 Å². The number of benzene rings is 1. The monoisotopic (exact) mass is 262 g/mol. The molecule has 1 aromatic carbocycles. The van der Waals surface area contributed by atoms with Gasteiger partial charge in [-0.1, -0.05) is 6.07 Å². The first-order valence-corrected chi connectivity index (χ1v) is 6.91. The number of rotatable bonds is 3. The van der Waals surface area contributed by atoms with Gasteiger partial charge in [-0.05, 0) is 50.3 Å². The Labute approximate surface area is 114 Å². The number of amides is 1. The summed E-state index contributed by atoms with van der Waals surface area (Å²) in [6.45, 7) is 2.84. The summed E-state index contributed by atoms with van der Waals surface area (Å²) in [5.41, 5.74) is 8.13. The highest BCUT2D eigenvalue weighted by Gasteiger charge is 2.27. The smallest absolute Gasteiger partial charge is 0.256 e. The van der Waals surface area contributed by atoms with Crippen LogP contribution in [0.5, 0.6) is 0 Å². The molecule has 1 aromatic rings. The Morgan fingerprint density at radius 2 is 2.26 bits per heavy atom. The third-order valence-corrected chi connectivity index (χ3v) is 3.79. The molecular weight excluding hydrogens is 240 g/mol. The van der Waals surface area contributed by atoms with Crippen LogP contribution in [0.25, 0.3) is 0 Å². The van der Waals surface area contributed by atoms with Gasteiger partial charge in [0.2, 0.25) is 0 Å². The first-order valence-electron chi connectivity index (χ1n) is 6.91. The number of piperidine rings is 1. The molecular formula is C15H22N2O2. The summed E-state index contributed by atoms with van der Waals surface area (Å²) >= 11 is 0. The van der Waals surface area contributed by atoms with Gasteiger partial charge >= 0.3 is 0 Å². The molecule has 19 heavy (non-hydrogen) atoms. The van der Waals surface area contributed by atoms with Gasteiger partial charge in [-0.3, -0.25) is 4.79 Å². The summed E-state index contributed by atoms with van der Waals surface area (Å²) < 4.78 is 0. The zero-order chi connectivity index (χ0) is 13.8. The Bertz CT molecular complexity index is 457. The van der Waals surface area contributed by atoms with Crippen molar-refractivity contribution >= 4 is 11.6 Å². The Hall–Kier alpha value is -1.55. The van der Waals surface area contributed by atoms with Gasteiger partial charge < -0.3 is 15.7 Å². The summed E-state index contributed by atoms with van der Waals surface area (Å²) in [5.74, 6) is -0.00403. The molecule has 1 saturated heterocycles. The van der Waals surface area contributed by atoms with Gasteiger partial charge in [-0.15, -0.1) is 0 Å².